The minimum Gasteiger partial charge on any atom is -0.487 e. The summed E-state index contributed by atoms with van der Waals surface area (Å²) in [5.41, 5.74) is 3.55. The zero-order valence-corrected chi connectivity index (χ0v) is 17.2. The molecule has 0 radical (unpaired) electrons. The van der Waals surface area contributed by atoms with Crippen LogP contribution in [0.5, 0.6) is 5.75 Å². The Bertz CT molecular complexity index is 936. The van der Waals surface area contributed by atoms with Crippen molar-refractivity contribution in [1.82, 2.24) is 20.4 Å². The second-order valence-electron chi connectivity index (χ2n) is 7.01. The maximum absolute atomic E-state index is 12.6. The molecule has 0 aliphatic carbocycles. The molecule has 2 aromatic heterocycles. The van der Waals surface area contributed by atoms with Crippen molar-refractivity contribution in [2.45, 2.75) is 40.0 Å². The van der Waals surface area contributed by atoms with Crippen LogP contribution in [0.1, 0.15) is 41.2 Å². The number of benzene rings is 1. The van der Waals surface area contributed by atoms with Crippen LogP contribution in [0.3, 0.4) is 0 Å². The fourth-order valence-corrected chi connectivity index (χ4v) is 2.93. The van der Waals surface area contributed by atoms with E-state index in [4.69, 9.17) is 9.26 Å². The Morgan fingerprint density at radius 1 is 1.24 bits per heavy atom. The van der Waals surface area contributed by atoms with Crippen molar-refractivity contribution in [3.63, 3.8) is 0 Å². The molecule has 0 saturated heterocycles. The summed E-state index contributed by atoms with van der Waals surface area (Å²) >= 11 is 0. The number of carbonyl (C=O) groups is 1. The van der Waals surface area contributed by atoms with Crippen molar-refractivity contribution in [2.24, 2.45) is 0 Å². The summed E-state index contributed by atoms with van der Waals surface area (Å²) in [6.07, 6.45) is 1.74. The van der Waals surface area contributed by atoms with Gasteiger partial charge in [0.05, 0.1) is 24.0 Å². The Morgan fingerprint density at radius 2 is 2.07 bits per heavy atom. The van der Waals surface area contributed by atoms with Crippen molar-refractivity contribution < 1.29 is 14.1 Å². The predicted octanol–water partition coefficient (Wildman–Crippen LogP) is 4.17. The van der Waals surface area contributed by atoms with Crippen molar-refractivity contribution >= 4 is 6.03 Å². The molecule has 1 atom stereocenters. The fraction of sp³-hybridized carbons (Fsp3) is 0.318. The van der Waals surface area contributed by atoms with Gasteiger partial charge in [-0.1, -0.05) is 23.4 Å². The van der Waals surface area contributed by atoms with Crippen molar-refractivity contribution in [3.8, 4) is 5.75 Å². The number of aromatic nitrogens is 2. The lowest BCUT2D eigenvalue weighted by atomic mass is 10.1. The molecular formula is C22H26N4O3. The molecular weight excluding hydrogens is 368 g/mol. The third-order valence-corrected chi connectivity index (χ3v) is 4.73. The number of hydrogen-bond donors (Lipinski definition) is 1. The molecule has 0 saturated carbocycles. The normalized spacial score (nSPS) is 11.7. The second kappa shape index (κ2) is 9.23. The van der Waals surface area contributed by atoms with E-state index in [9.17, 15) is 4.79 Å². The molecule has 2 amide bonds. The summed E-state index contributed by atoms with van der Waals surface area (Å²) in [5.74, 6) is 1.46. The molecule has 3 rings (SSSR count). The molecule has 29 heavy (non-hydrogen) atoms. The molecule has 0 spiro atoms. The lowest BCUT2D eigenvalue weighted by Gasteiger charge is -2.22. The molecule has 0 aliphatic rings. The Balaban J connectivity index is 1.58. The van der Waals surface area contributed by atoms with E-state index in [0.717, 1.165) is 34.0 Å². The van der Waals surface area contributed by atoms with Gasteiger partial charge in [0.1, 0.15) is 18.1 Å². The molecule has 152 valence electrons. The zero-order chi connectivity index (χ0) is 20.8. The summed E-state index contributed by atoms with van der Waals surface area (Å²) in [5, 5.41) is 6.95. The number of hydrogen-bond acceptors (Lipinski definition) is 5. The van der Waals surface area contributed by atoms with Crippen molar-refractivity contribution in [2.75, 3.05) is 7.05 Å². The van der Waals surface area contributed by atoms with Gasteiger partial charge in [0.15, 0.2) is 0 Å². The maximum Gasteiger partial charge on any atom is 0.317 e. The number of pyridine rings is 1. The molecule has 0 aliphatic heterocycles. The van der Waals surface area contributed by atoms with Crippen LogP contribution in [0.2, 0.25) is 0 Å². The quantitative estimate of drug-likeness (QED) is 0.651. The van der Waals surface area contributed by atoms with Crippen LogP contribution in [0.15, 0.2) is 53.2 Å². The Morgan fingerprint density at radius 3 is 2.76 bits per heavy atom. The van der Waals surface area contributed by atoms with Gasteiger partial charge in [-0.05, 0) is 50.6 Å². The van der Waals surface area contributed by atoms with E-state index < -0.39 is 0 Å². The first-order chi connectivity index (χ1) is 13.9. The summed E-state index contributed by atoms with van der Waals surface area (Å²) in [6, 6.07) is 13.1. The number of rotatable bonds is 7. The number of carbonyl (C=O) groups excluding carboxylic acids is 1. The largest absolute Gasteiger partial charge is 0.487 e. The SMILES string of the molecule is Cc1noc(C)c1CN(C)C(=O)NC(C)c1cccc(OCc2ccccn2)c1. The highest BCUT2D eigenvalue weighted by molar-refractivity contribution is 5.74. The third kappa shape index (κ3) is 5.34. The van der Waals surface area contributed by atoms with Crippen LogP contribution in [0, 0.1) is 13.8 Å². The lowest BCUT2D eigenvalue weighted by molar-refractivity contribution is 0.203. The standard InChI is InChI=1S/C22H26N4O3/c1-15(24-22(27)26(4)13-21-16(2)25-29-17(21)3)18-8-7-10-20(12-18)28-14-19-9-5-6-11-23-19/h5-12,15H,13-14H2,1-4H3,(H,24,27). The number of ether oxygens (including phenoxy) is 1. The van der Waals surface area contributed by atoms with Gasteiger partial charge in [-0.3, -0.25) is 4.98 Å². The van der Waals surface area contributed by atoms with E-state index in [0.29, 0.717) is 13.2 Å². The summed E-state index contributed by atoms with van der Waals surface area (Å²) < 4.78 is 11.0. The topological polar surface area (TPSA) is 80.5 Å². The van der Waals surface area contributed by atoms with Crippen LogP contribution in [-0.2, 0) is 13.2 Å². The van der Waals surface area contributed by atoms with Crippen LogP contribution in [0.25, 0.3) is 0 Å². The average molecular weight is 394 g/mol. The van der Waals surface area contributed by atoms with Gasteiger partial charge in [0.2, 0.25) is 0 Å². The van der Waals surface area contributed by atoms with Gasteiger partial charge in [-0.15, -0.1) is 0 Å². The summed E-state index contributed by atoms with van der Waals surface area (Å²) in [6.45, 7) is 6.49. The fourth-order valence-electron chi connectivity index (χ4n) is 2.93. The van der Waals surface area contributed by atoms with E-state index in [1.54, 1.807) is 18.1 Å². The van der Waals surface area contributed by atoms with Crippen LogP contribution in [0.4, 0.5) is 4.79 Å². The number of nitrogens with zero attached hydrogens (tertiary/aromatic N) is 3. The zero-order valence-electron chi connectivity index (χ0n) is 17.2. The molecule has 0 fully saturated rings. The van der Waals surface area contributed by atoms with Gasteiger partial charge in [0.25, 0.3) is 0 Å². The van der Waals surface area contributed by atoms with Gasteiger partial charge < -0.3 is 19.5 Å². The monoisotopic (exact) mass is 394 g/mol. The maximum atomic E-state index is 12.6. The molecule has 1 unspecified atom stereocenters. The van der Waals surface area contributed by atoms with Crippen LogP contribution < -0.4 is 10.1 Å². The van der Waals surface area contributed by atoms with E-state index in [1.165, 1.54) is 0 Å². The van der Waals surface area contributed by atoms with Gasteiger partial charge >= 0.3 is 6.03 Å². The lowest BCUT2D eigenvalue weighted by Crippen LogP contribution is -2.38. The molecule has 7 heteroatoms. The molecule has 1 N–H and O–H groups in total. The number of nitrogens with one attached hydrogen (secondary N) is 1. The molecule has 0 bridgehead atoms. The van der Waals surface area contributed by atoms with E-state index in [2.05, 4.69) is 15.5 Å². The van der Waals surface area contributed by atoms with Crippen LogP contribution in [-0.4, -0.2) is 28.1 Å². The Labute approximate surface area is 170 Å². The summed E-state index contributed by atoms with van der Waals surface area (Å²) in [4.78, 5) is 18.5. The third-order valence-electron chi connectivity index (χ3n) is 4.73. The first-order valence-electron chi connectivity index (χ1n) is 9.50. The molecule has 1 aromatic carbocycles. The number of aryl methyl sites for hydroxylation is 2. The molecule has 2 heterocycles. The van der Waals surface area contributed by atoms with Crippen molar-refractivity contribution in [3.05, 3.63) is 76.9 Å². The first kappa shape index (κ1) is 20.4. The smallest absolute Gasteiger partial charge is 0.317 e. The minimum absolute atomic E-state index is 0.169. The Hall–Kier alpha value is -3.35. The van der Waals surface area contributed by atoms with Gasteiger partial charge in [-0.25, -0.2) is 4.79 Å². The molecule has 3 aromatic rings. The van der Waals surface area contributed by atoms with E-state index >= 15 is 0 Å². The first-order valence-corrected chi connectivity index (χ1v) is 9.50. The highest BCUT2D eigenvalue weighted by Gasteiger charge is 2.17. The van der Waals surface area contributed by atoms with E-state index in [-0.39, 0.29) is 12.1 Å². The second-order valence-corrected chi connectivity index (χ2v) is 7.01. The van der Waals surface area contributed by atoms with Crippen molar-refractivity contribution in [1.29, 1.82) is 0 Å². The van der Waals surface area contributed by atoms with Gasteiger partial charge in [-0.2, -0.15) is 0 Å². The minimum atomic E-state index is -0.173. The Kier molecular flexibility index (Phi) is 6.49. The summed E-state index contributed by atoms with van der Waals surface area (Å²) in [7, 11) is 1.75. The highest BCUT2D eigenvalue weighted by atomic mass is 16.5. The molecule has 7 nitrogen and oxygen atoms in total. The number of urea groups is 1. The van der Waals surface area contributed by atoms with E-state index in [1.807, 2.05) is 63.2 Å². The average Bonchev–Trinajstić information content (AvgIpc) is 3.05. The number of amides is 2. The van der Waals surface area contributed by atoms with Gasteiger partial charge in [0, 0.05) is 18.8 Å². The van der Waals surface area contributed by atoms with Crippen LogP contribution >= 0.6 is 0 Å². The highest BCUT2D eigenvalue weighted by Crippen LogP contribution is 2.21. The predicted molar refractivity (Wildman–Crippen MR) is 109 cm³/mol.